The molecule has 0 spiro atoms. The Kier molecular flexibility index (Phi) is 4.97. The molecule has 0 amide bonds. The third-order valence-corrected chi connectivity index (χ3v) is 4.58. The molecule has 0 saturated heterocycles. The summed E-state index contributed by atoms with van der Waals surface area (Å²) in [5.74, 6) is 0.338. The molecule has 1 N–H and O–H groups in total. The van der Waals surface area contributed by atoms with E-state index in [1.807, 2.05) is 31.6 Å². The zero-order valence-corrected chi connectivity index (χ0v) is 13.2. The molecule has 2 nitrogen and oxygen atoms in total. The van der Waals surface area contributed by atoms with Crippen LogP contribution in [0.15, 0.2) is 47.2 Å². The van der Waals surface area contributed by atoms with Gasteiger partial charge in [-0.25, -0.2) is 0 Å². The Morgan fingerprint density at radius 3 is 2.42 bits per heavy atom. The molecule has 0 fully saturated rings. The first-order valence-corrected chi connectivity index (χ1v) is 7.32. The van der Waals surface area contributed by atoms with E-state index in [1.165, 1.54) is 11.1 Å². The highest BCUT2D eigenvalue weighted by atomic mass is 79.9. The summed E-state index contributed by atoms with van der Waals surface area (Å²) in [5, 5.41) is 4.10. The summed E-state index contributed by atoms with van der Waals surface area (Å²) >= 11 is 9.60. The lowest BCUT2D eigenvalue weighted by Gasteiger charge is -2.24. The number of hydrogen-bond acceptors (Lipinski definition) is 2. The fraction of sp³-hybridized carbons (Fsp3) is 0.267. The van der Waals surface area contributed by atoms with E-state index in [1.54, 1.807) is 0 Å². The zero-order chi connectivity index (χ0) is 13.8. The van der Waals surface area contributed by atoms with E-state index in [4.69, 9.17) is 11.6 Å². The summed E-state index contributed by atoms with van der Waals surface area (Å²) in [6.07, 6.45) is 3.65. The van der Waals surface area contributed by atoms with Crippen LogP contribution in [0.2, 0.25) is 5.02 Å². The van der Waals surface area contributed by atoms with E-state index in [0.717, 1.165) is 9.50 Å². The van der Waals surface area contributed by atoms with Gasteiger partial charge in [0.25, 0.3) is 0 Å². The van der Waals surface area contributed by atoms with Crippen LogP contribution in [-0.4, -0.2) is 12.0 Å². The van der Waals surface area contributed by atoms with Gasteiger partial charge >= 0.3 is 0 Å². The molecule has 1 heterocycles. The Bertz CT molecular complexity index is 545. The zero-order valence-electron chi connectivity index (χ0n) is 10.9. The van der Waals surface area contributed by atoms with E-state index in [2.05, 4.69) is 51.4 Å². The van der Waals surface area contributed by atoms with Gasteiger partial charge in [-0.1, -0.05) is 24.6 Å². The number of likely N-dealkylation sites (N-methyl/N-ethyl adjacent to an activating group) is 1. The van der Waals surface area contributed by atoms with E-state index in [-0.39, 0.29) is 6.04 Å². The molecule has 100 valence electrons. The van der Waals surface area contributed by atoms with Gasteiger partial charge in [0.1, 0.15) is 0 Å². The standard InChI is InChI=1S/C15H16BrClN2/c1-10(11-5-7-19-8-6-11)15(18-2)12-3-4-13(16)14(17)9-12/h3-10,15,18H,1-2H3. The fourth-order valence-electron chi connectivity index (χ4n) is 2.27. The summed E-state index contributed by atoms with van der Waals surface area (Å²) in [6.45, 7) is 2.20. The third-order valence-electron chi connectivity index (χ3n) is 3.35. The average Bonchev–Trinajstić information content (AvgIpc) is 2.44. The number of rotatable bonds is 4. The van der Waals surface area contributed by atoms with Gasteiger partial charge in [-0.15, -0.1) is 0 Å². The predicted molar refractivity (Wildman–Crippen MR) is 83.6 cm³/mol. The Morgan fingerprint density at radius 2 is 1.84 bits per heavy atom. The third kappa shape index (κ3) is 3.35. The number of aromatic nitrogens is 1. The quantitative estimate of drug-likeness (QED) is 0.883. The van der Waals surface area contributed by atoms with Crippen LogP contribution < -0.4 is 5.32 Å². The van der Waals surface area contributed by atoms with Gasteiger partial charge in [0, 0.05) is 28.8 Å². The Hall–Kier alpha value is -0.900. The first kappa shape index (κ1) is 14.5. The van der Waals surface area contributed by atoms with Crippen molar-refractivity contribution < 1.29 is 0 Å². The van der Waals surface area contributed by atoms with E-state index in [9.17, 15) is 0 Å². The van der Waals surface area contributed by atoms with Crippen molar-refractivity contribution in [2.75, 3.05) is 7.05 Å². The smallest absolute Gasteiger partial charge is 0.0551 e. The van der Waals surface area contributed by atoms with Crippen molar-refractivity contribution in [3.8, 4) is 0 Å². The maximum absolute atomic E-state index is 6.18. The molecule has 0 aliphatic heterocycles. The molecular formula is C15H16BrClN2. The molecule has 1 aromatic carbocycles. The first-order valence-electron chi connectivity index (χ1n) is 6.15. The molecule has 19 heavy (non-hydrogen) atoms. The lowest BCUT2D eigenvalue weighted by Crippen LogP contribution is -2.22. The monoisotopic (exact) mass is 338 g/mol. The molecule has 0 bridgehead atoms. The average molecular weight is 340 g/mol. The molecule has 2 unspecified atom stereocenters. The minimum atomic E-state index is 0.216. The number of pyridine rings is 1. The van der Waals surface area contributed by atoms with Gasteiger partial charge in [-0.2, -0.15) is 0 Å². The SMILES string of the molecule is CNC(c1ccc(Br)c(Cl)c1)C(C)c1ccncc1. The highest BCUT2D eigenvalue weighted by Crippen LogP contribution is 2.33. The van der Waals surface area contributed by atoms with E-state index >= 15 is 0 Å². The van der Waals surface area contributed by atoms with Crippen molar-refractivity contribution >= 4 is 27.5 Å². The van der Waals surface area contributed by atoms with Gasteiger partial charge in [0.15, 0.2) is 0 Å². The molecule has 2 rings (SSSR count). The van der Waals surface area contributed by atoms with Gasteiger partial charge in [0.05, 0.1) is 5.02 Å². The lowest BCUT2D eigenvalue weighted by molar-refractivity contribution is 0.507. The van der Waals surface area contributed by atoms with Crippen LogP contribution >= 0.6 is 27.5 Å². The van der Waals surface area contributed by atoms with Crippen molar-refractivity contribution in [3.63, 3.8) is 0 Å². The number of halogens is 2. The topological polar surface area (TPSA) is 24.9 Å². The van der Waals surface area contributed by atoms with Crippen molar-refractivity contribution in [2.45, 2.75) is 18.9 Å². The number of nitrogens with one attached hydrogen (secondary N) is 1. The van der Waals surface area contributed by atoms with Gasteiger partial charge < -0.3 is 5.32 Å². The molecule has 0 saturated carbocycles. The second kappa shape index (κ2) is 6.51. The molecule has 2 aromatic rings. The summed E-state index contributed by atoms with van der Waals surface area (Å²) in [4.78, 5) is 4.06. The lowest BCUT2D eigenvalue weighted by atomic mass is 9.89. The predicted octanol–water partition coefficient (Wildman–Crippen LogP) is 4.56. The Balaban J connectivity index is 2.31. The van der Waals surface area contributed by atoms with Crippen molar-refractivity contribution in [1.29, 1.82) is 0 Å². The maximum atomic E-state index is 6.18. The van der Waals surface area contributed by atoms with Gasteiger partial charge in [0.2, 0.25) is 0 Å². The molecule has 0 radical (unpaired) electrons. The molecule has 0 aliphatic rings. The van der Waals surface area contributed by atoms with Crippen LogP contribution in [0.1, 0.15) is 30.0 Å². The van der Waals surface area contributed by atoms with E-state index in [0.29, 0.717) is 5.92 Å². The van der Waals surface area contributed by atoms with E-state index < -0.39 is 0 Å². The molecule has 2 atom stereocenters. The summed E-state index contributed by atoms with van der Waals surface area (Å²) < 4.78 is 0.921. The van der Waals surface area contributed by atoms with Crippen LogP contribution in [0.5, 0.6) is 0 Å². The molecule has 0 aliphatic carbocycles. The minimum Gasteiger partial charge on any atom is -0.312 e. The van der Waals surface area contributed by atoms with Gasteiger partial charge in [-0.05, 0) is 58.4 Å². The highest BCUT2D eigenvalue weighted by Gasteiger charge is 2.19. The summed E-state index contributed by atoms with van der Waals surface area (Å²) in [6, 6.07) is 10.4. The van der Waals surface area contributed by atoms with Crippen molar-refractivity contribution in [3.05, 3.63) is 63.3 Å². The van der Waals surface area contributed by atoms with Gasteiger partial charge in [-0.3, -0.25) is 4.98 Å². The Morgan fingerprint density at radius 1 is 1.16 bits per heavy atom. The first-order chi connectivity index (χ1) is 9.13. The number of benzene rings is 1. The molecule has 1 aromatic heterocycles. The summed E-state index contributed by atoms with van der Waals surface area (Å²) in [5.41, 5.74) is 2.44. The van der Waals surface area contributed by atoms with Crippen molar-refractivity contribution in [1.82, 2.24) is 10.3 Å². The Labute approximate surface area is 127 Å². The number of nitrogens with zero attached hydrogens (tertiary/aromatic N) is 1. The second-order valence-corrected chi connectivity index (χ2v) is 5.77. The molecule has 4 heteroatoms. The van der Waals surface area contributed by atoms with Crippen molar-refractivity contribution in [2.24, 2.45) is 0 Å². The van der Waals surface area contributed by atoms with Crippen LogP contribution in [0.4, 0.5) is 0 Å². The van der Waals surface area contributed by atoms with Crippen LogP contribution in [-0.2, 0) is 0 Å². The largest absolute Gasteiger partial charge is 0.312 e. The normalized spacial score (nSPS) is 14.1. The number of hydrogen-bond donors (Lipinski definition) is 1. The minimum absolute atomic E-state index is 0.216. The van der Waals surface area contributed by atoms with Crippen LogP contribution in [0, 0.1) is 0 Å². The fourth-order valence-corrected chi connectivity index (χ4v) is 2.71. The molecular weight excluding hydrogens is 324 g/mol. The maximum Gasteiger partial charge on any atom is 0.0551 e. The van der Waals surface area contributed by atoms with Crippen LogP contribution in [0.3, 0.4) is 0 Å². The van der Waals surface area contributed by atoms with Crippen LogP contribution in [0.25, 0.3) is 0 Å². The highest BCUT2D eigenvalue weighted by molar-refractivity contribution is 9.10. The summed E-state index contributed by atoms with van der Waals surface area (Å²) in [7, 11) is 1.97. The second-order valence-electron chi connectivity index (χ2n) is 4.51.